The minimum Gasteiger partial charge on any atom is -0.292 e. The lowest BCUT2D eigenvalue weighted by Gasteiger charge is -2.10. The van der Waals surface area contributed by atoms with Gasteiger partial charge in [0.1, 0.15) is 0 Å². The Morgan fingerprint density at radius 3 is 2.69 bits per heavy atom. The molecule has 5 rings (SSSR count). The van der Waals surface area contributed by atoms with Crippen molar-refractivity contribution in [1.82, 2.24) is 9.97 Å². The van der Waals surface area contributed by atoms with E-state index in [0.29, 0.717) is 18.7 Å². The van der Waals surface area contributed by atoms with Gasteiger partial charge in [0.25, 0.3) is 0 Å². The number of fused-ring (bicyclic) bond motifs is 2. The maximum absolute atomic E-state index is 13.1. The van der Waals surface area contributed by atoms with Gasteiger partial charge in [0.15, 0.2) is 5.78 Å². The number of hydrogen-bond acceptors (Lipinski definition) is 5. The van der Waals surface area contributed by atoms with Crippen LogP contribution in [0.3, 0.4) is 0 Å². The van der Waals surface area contributed by atoms with E-state index >= 15 is 0 Å². The Morgan fingerprint density at radius 1 is 1.07 bits per heavy atom. The second-order valence-corrected chi connectivity index (χ2v) is 7.56. The summed E-state index contributed by atoms with van der Waals surface area (Å²) in [6, 6.07) is 14.0. The van der Waals surface area contributed by atoms with Gasteiger partial charge in [-0.15, -0.1) is 0 Å². The maximum atomic E-state index is 13.1. The molecule has 5 heteroatoms. The standard InChI is InChI=1S/C24H20N4O/c1-14-4-3-5-20(27-14)15(2)24(29)22-11-17-10-18-13-26-23(16-6-8-25-9-7-16)19(18)12-21(17)28-22/h3-10,12,15H,11,13H2,1-2H3/t15-/m1/s1. The molecule has 2 aliphatic rings. The predicted octanol–water partition coefficient (Wildman–Crippen LogP) is 4.14. The molecule has 0 bridgehead atoms. The highest BCUT2D eigenvalue weighted by Gasteiger charge is 2.28. The van der Waals surface area contributed by atoms with Gasteiger partial charge in [-0.2, -0.15) is 0 Å². The van der Waals surface area contributed by atoms with E-state index in [9.17, 15) is 4.79 Å². The van der Waals surface area contributed by atoms with E-state index in [1.807, 2.05) is 44.2 Å². The Kier molecular flexibility index (Phi) is 4.16. The summed E-state index contributed by atoms with van der Waals surface area (Å²) in [5.41, 5.74) is 8.61. The van der Waals surface area contributed by atoms with Gasteiger partial charge in [0, 0.05) is 35.6 Å². The lowest BCUT2D eigenvalue weighted by molar-refractivity contribution is -0.114. The minimum absolute atomic E-state index is 0.0440. The van der Waals surface area contributed by atoms with E-state index < -0.39 is 0 Å². The first kappa shape index (κ1) is 17.6. The van der Waals surface area contributed by atoms with Gasteiger partial charge in [0.05, 0.1) is 35.3 Å². The molecule has 0 N–H and O–H groups in total. The number of ketones is 1. The van der Waals surface area contributed by atoms with Crippen molar-refractivity contribution in [3.8, 4) is 0 Å². The first-order valence-corrected chi connectivity index (χ1v) is 9.76. The molecule has 0 radical (unpaired) electrons. The monoisotopic (exact) mass is 380 g/mol. The van der Waals surface area contributed by atoms with Crippen LogP contribution in [0, 0.1) is 6.92 Å². The van der Waals surface area contributed by atoms with Crippen LogP contribution in [-0.2, 0) is 17.8 Å². The lowest BCUT2D eigenvalue weighted by Crippen LogP contribution is -2.21. The smallest absolute Gasteiger partial charge is 0.186 e. The molecule has 0 spiro atoms. The van der Waals surface area contributed by atoms with Gasteiger partial charge in [0.2, 0.25) is 0 Å². The Balaban J connectivity index is 1.45. The molecule has 0 saturated heterocycles. The van der Waals surface area contributed by atoms with E-state index in [1.54, 1.807) is 12.4 Å². The average molecular weight is 380 g/mol. The van der Waals surface area contributed by atoms with Crippen molar-refractivity contribution in [2.24, 2.45) is 9.98 Å². The highest BCUT2D eigenvalue weighted by Crippen LogP contribution is 2.35. The van der Waals surface area contributed by atoms with Crippen LogP contribution in [-0.4, -0.2) is 27.2 Å². The summed E-state index contributed by atoms with van der Waals surface area (Å²) in [6.07, 6.45) is 4.12. The van der Waals surface area contributed by atoms with Crippen molar-refractivity contribution in [3.05, 3.63) is 88.5 Å². The molecule has 1 aromatic carbocycles. The van der Waals surface area contributed by atoms with E-state index in [4.69, 9.17) is 9.98 Å². The van der Waals surface area contributed by atoms with E-state index in [-0.39, 0.29) is 11.7 Å². The molecule has 29 heavy (non-hydrogen) atoms. The molecule has 0 aliphatic carbocycles. The van der Waals surface area contributed by atoms with Crippen molar-refractivity contribution in [2.75, 3.05) is 0 Å². The number of Topliss-reactive ketones (excluding diaryl/α,β-unsaturated/α-hetero) is 1. The molecule has 0 saturated carbocycles. The minimum atomic E-state index is -0.302. The number of pyridine rings is 2. The number of rotatable bonds is 4. The fourth-order valence-corrected chi connectivity index (χ4v) is 3.98. The normalized spacial score (nSPS) is 15.4. The molecule has 2 aromatic heterocycles. The van der Waals surface area contributed by atoms with E-state index in [2.05, 4.69) is 22.1 Å². The van der Waals surface area contributed by atoms with Crippen LogP contribution in [0.25, 0.3) is 0 Å². The average Bonchev–Trinajstić information content (AvgIpc) is 3.35. The van der Waals surface area contributed by atoms with Crippen molar-refractivity contribution in [3.63, 3.8) is 0 Å². The third kappa shape index (κ3) is 3.09. The number of nitrogens with zero attached hydrogens (tertiary/aromatic N) is 4. The third-order valence-electron chi connectivity index (χ3n) is 5.57. The van der Waals surface area contributed by atoms with Gasteiger partial charge >= 0.3 is 0 Å². The van der Waals surface area contributed by atoms with Crippen LogP contribution < -0.4 is 0 Å². The first-order chi connectivity index (χ1) is 14.1. The number of hydrogen-bond donors (Lipinski definition) is 0. The first-order valence-electron chi connectivity index (χ1n) is 9.76. The largest absolute Gasteiger partial charge is 0.292 e. The number of aliphatic imine (C=N–C) groups is 2. The molecular formula is C24H20N4O. The van der Waals surface area contributed by atoms with E-state index in [1.165, 1.54) is 5.56 Å². The summed E-state index contributed by atoms with van der Waals surface area (Å²) < 4.78 is 0. The second-order valence-electron chi connectivity index (χ2n) is 7.56. The number of carbonyl (C=O) groups is 1. The van der Waals surface area contributed by atoms with Crippen LogP contribution in [0.2, 0.25) is 0 Å². The number of benzene rings is 1. The van der Waals surface area contributed by atoms with Crippen molar-refractivity contribution in [1.29, 1.82) is 0 Å². The van der Waals surface area contributed by atoms with Gasteiger partial charge in [-0.1, -0.05) is 12.1 Å². The summed E-state index contributed by atoms with van der Waals surface area (Å²) >= 11 is 0. The Labute approximate surface area is 169 Å². The molecule has 0 unspecified atom stereocenters. The highest BCUT2D eigenvalue weighted by atomic mass is 16.1. The molecule has 5 nitrogen and oxygen atoms in total. The lowest BCUT2D eigenvalue weighted by atomic mass is 9.94. The van der Waals surface area contributed by atoms with Gasteiger partial charge < -0.3 is 0 Å². The zero-order valence-corrected chi connectivity index (χ0v) is 16.4. The molecule has 1 atom stereocenters. The zero-order chi connectivity index (χ0) is 20.0. The highest BCUT2D eigenvalue weighted by molar-refractivity contribution is 6.43. The molecule has 2 aliphatic heterocycles. The zero-order valence-electron chi connectivity index (χ0n) is 16.4. The Hall–Kier alpha value is -3.47. The predicted molar refractivity (Wildman–Crippen MR) is 113 cm³/mol. The topological polar surface area (TPSA) is 67.6 Å². The van der Waals surface area contributed by atoms with Crippen LogP contribution >= 0.6 is 0 Å². The molecular weight excluding hydrogens is 360 g/mol. The molecule has 142 valence electrons. The second kappa shape index (κ2) is 6.85. The molecule has 0 fully saturated rings. The van der Waals surface area contributed by atoms with Crippen LogP contribution in [0.4, 0.5) is 5.69 Å². The van der Waals surface area contributed by atoms with E-state index in [0.717, 1.165) is 39.5 Å². The van der Waals surface area contributed by atoms with Gasteiger partial charge in [-0.05, 0) is 55.3 Å². The van der Waals surface area contributed by atoms with Crippen molar-refractivity contribution < 1.29 is 4.79 Å². The number of carbonyl (C=O) groups excluding carboxylic acids is 1. The van der Waals surface area contributed by atoms with Crippen molar-refractivity contribution in [2.45, 2.75) is 32.7 Å². The molecule has 3 aromatic rings. The van der Waals surface area contributed by atoms with Crippen LogP contribution in [0.5, 0.6) is 0 Å². The van der Waals surface area contributed by atoms with Gasteiger partial charge in [-0.25, -0.2) is 4.99 Å². The summed E-state index contributed by atoms with van der Waals surface area (Å²) in [6.45, 7) is 4.50. The fourth-order valence-electron chi connectivity index (χ4n) is 3.98. The molecule has 0 amide bonds. The summed E-state index contributed by atoms with van der Waals surface area (Å²) in [4.78, 5) is 31.1. The summed E-state index contributed by atoms with van der Waals surface area (Å²) in [5, 5.41) is 0. The van der Waals surface area contributed by atoms with Crippen molar-refractivity contribution >= 4 is 22.9 Å². The summed E-state index contributed by atoms with van der Waals surface area (Å²) in [5.74, 6) is -0.258. The summed E-state index contributed by atoms with van der Waals surface area (Å²) in [7, 11) is 0. The fraction of sp³-hybridized carbons (Fsp3) is 0.208. The SMILES string of the molecule is Cc1cccc([C@@H](C)C(=O)C2=Nc3cc4c(cc3C2)CN=C4c2ccncc2)n1. The van der Waals surface area contributed by atoms with Gasteiger partial charge in [-0.3, -0.25) is 19.8 Å². The Morgan fingerprint density at radius 2 is 1.90 bits per heavy atom. The molecule has 4 heterocycles. The maximum Gasteiger partial charge on any atom is 0.186 e. The van der Waals surface area contributed by atoms with Crippen LogP contribution in [0.1, 0.15) is 46.5 Å². The quantitative estimate of drug-likeness (QED) is 0.683. The number of aryl methyl sites for hydroxylation is 1. The number of aromatic nitrogens is 2. The Bertz CT molecular complexity index is 1190. The third-order valence-corrected chi connectivity index (χ3v) is 5.57. The van der Waals surface area contributed by atoms with Crippen LogP contribution in [0.15, 0.2) is 64.8 Å².